The lowest BCUT2D eigenvalue weighted by Gasteiger charge is -2.04. The van der Waals surface area contributed by atoms with Gasteiger partial charge in [0.15, 0.2) is 0 Å². The first-order valence-electron chi connectivity index (χ1n) is 5.77. The van der Waals surface area contributed by atoms with E-state index in [2.05, 4.69) is 39.9 Å². The van der Waals surface area contributed by atoms with Crippen LogP contribution in [0.1, 0.15) is 23.4 Å². The Bertz CT molecular complexity index is 531. The fraction of sp³-hybridized carbons (Fsp3) is 0.385. The van der Waals surface area contributed by atoms with Crippen molar-refractivity contribution in [3.8, 4) is 11.4 Å². The number of alkyl halides is 1. The Balaban J connectivity index is 2.28. The van der Waals surface area contributed by atoms with Crippen molar-refractivity contribution in [1.82, 2.24) is 10.1 Å². The normalized spacial score (nSPS) is 10.9. The minimum Gasteiger partial charge on any atom is -0.339 e. The summed E-state index contributed by atoms with van der Waals surface area (Å²) in [7, 11) is 0. The minimum atomic E-state index is 0.605. The van der Waals surface area contributed by atoms with E-state index in [4.69, 9.17) is 16.1 Å². The van der Waals surface area contributed by atoms with Crippen molar-refractivity contribution in [2.45, 2.75) is 26.7 Å². The molecule has 0 aliphatic rings. The Hall–Kier alpha value is -0.870. The first-order chi connectivity index (χ1) is 8.61. The van der Waals surface area contributed by atoms with E-state index in [9.17, 15) is 0 Å². The Morgan fingerprint density at radius 3 is 2.56 bits per heavy atom. The molecule has 2 aromatic rings. The van der Waals surface area contributed by atoms with Crippen molar-refractivity contribution in [3.63, 3.8) is 0 Å². The van der Waals surface area contributed by atoms with Gasteiger partial charge in [-0.3, -0.25) is 0 Å². The molecule has 0 N–H and O–H groups in total. The zero-order valence-corrected chi connectivity index (χ0v) is 12.7. The lowest BCUT2D eigenvalue weighted by molar-refractivity contribution is 0.378. The van der Waals surface area contributed by atoms with E-state index in [0.29, 0.717) is 17.6 Å². The second-order valence-electron chi connectivity index (χ2n) is 4.23. The molecule has 0 atom stereocenters. The van der Waals surface area contributed by atoms with Gasteiger partial charge >= 0.3 is 0 Å². The van der Waals surface area contributed by atoms with Crippen LogP contribution in [-0.4, -0.2) is 16.0 Å². The summed E-state index contributed by atoms with van der Waals surface area (Å²) in [6.07, 6.45) is 1.58. The highest BCUT2D eigenvalue weighted by Crippen LogP contribution is 2.27. The van der Waals surface area contributed by atoms with Gasteiger partial charge in [0.05, 0.1) is 0 Å². The van der Waals surface area contributed by atoms with Crippen LogP contribution in [0.3, 0.4) is 0 Å². The van der Waals surface area contributed by atoms with Crippen molar-refractivity contribution < 1.29 is 4.52 Å². The van der Waals surface area contributed by atoms with E-state index < -0.39 is 0 Å². The van der Waals surface area contributed by atoms with Crippen molar-refractivity contribution in [2.24, 2.45) is 0 Å². The van der Waals surface area contributed by atoms with Gasteiger partial charge < -0.3 is 4.52 Å². The van der Waals surface area contributed by atoms with Crippen LogP contribution < -0.4 is 0 Å². The Labute approximate surface area is 120 Å². The number of aryl methyl sites for hydroxylation is 3. The van der Waals surface area contributed by atoms with Crippen LogP contribution >= 0.6 is 27.5 Å². The number of aromatic nitrogens is 2. The van der Waals surface area contributed by atoms with E-state index in [0.717, 1.165) is 34.0 Å². The molecule has 1 aromatic heterocycles. The molecule has 0 fully saturated rings. The van der Waals surface area contributed by atoms with Crippen LogP contribution in [-0.2, 0) is 6.42 Å². The lowest BCUT2D eigenvalue weighted by atomic mass is 10.1. The third-order valence-electron chi connectivity index (χ3n) is 2.69. The summed E-state index contributed by atoms with van der Waals surface area (Å²) in [6.45, 7) is 4.10. The predicted octanol–water partition coefficient (Wildman–Crippen LogP) is 4.29. The van der Waals surface area contributed by atoms with Gasteiger partial charge in [0.1, 0.15) is 0 Å². The third-order valence-corrected chi connectivity index (χ3v) is 4.21. The van der Waals surface area contributed by atoms with Gasteiger partial charge in [0.2, 0.25) is 11.7 Å². The van der Waals surface area contributed by atoms with Gasteiger partial charge in [-0.05, 0) is 43.5 Å². The van der Waals surface area contributed by atoms with E-state index in [1.165, 1.54) is 0 Å². The smallest absolute Gasteiger partial charge is 0.227 e. The maximum absolute atomic E-state index is 5.64. The van der Waals surface area contributed by atoms with Crippen molar-refractivity contribution in [3.05, 3.63) is 33.6 Å². The standard InChI is InChI=1S/C13H14BrClN2O/c1-8-6-10(7-9(2)12(8)14)13-16-11(18-17-13)4-3-5-15/h6-7H,3-5H2,1-2H3. The first kappa shape index (κ1) is 13.6. The fourth-order valence-electron chi connectivity index (χ4n) is 1.77. The largest absolute Gasteiger partial charge is 0.339 e. The average molecular weight is 330 g/mol. The molecular formula is C13H14BrClN2O. The number of hydrogen-bond acceptors (Lipinski definition) is 3. The van der Waals surface area contributed by atoms with Crippen molar-refractivity contribution in [1.29, 1.82) is 0 Å². The summed E-state index contributed by atoms with van der Waals surface area (Å²) in [5.41, 5.74) is 3.31. The number of halogens is 2. The first-order valence-corrected chi connectivity index (χ1v) is 7.10. The van der Waals surface area contributed by atoms with E-state index in [-0.39, 0.29) is 0 Å². The van der Waals surface area contributed by atoms with E-state index in [1.807, 2.05) is 12.1 Å². The summed E-state index contributed by atoms with van der Waals surface area (Å²) < 4.78 is 6.32. The predicted molar refractivity (Wildman–Crippen MR) is 75.9 cm³/mol. The van der Waals surface area contributed by atoms with Crippen LogP contribution in [0.25, 0.3) is 11.4 Å². The maximum atomic E-state index is 5.64. The molecule has 0 unspecified atom stereocenters. The molecule has 5 heteroatoms. The van der Waals surface area contributed by atoms with Gasteiger partial charge in [-0.1, -0.05) is 21.1 Å². The van der Waals surface area contributed by atoms with Crippen LogP contribution in [0.5, 0.6) is 0 Å². The van der Waals surface area contributed by atoms with Crippen LogP contribution in [0.4, 0.5) is 0 Å². The number of benzene rings is 1. The molecule has 2 rings (SSSR count). The summed E-state index contributed by atoms with van der Waals surface area (Å²) in [5, 5.41) is 4.01. The summed E-state index contributed by atoms with van der Waals surface area (Å²) >= 11 is 9.19. The quantitative estimate of drug-likeness (QED) is 0.786. The second-order valence-corrected chi connectivity index (χ2v) is 5.40. The molecule has 0 amide bonds. The molecule has 0 spiro atoms. The average Bonchev–Trinajstić information content (AvgIpc) is 2.81. The van der Waals surface area contributed by atoms with Gasteiger partial charge in [0, 0.05) is 22.3 Å². The molecular weight excluding hydrogens is 316 g/mol. The van der Waals surface area contributed by atoms with Gasteiger partial charge in [0.25, 0.3) is 0 Å². The molecule has 0 radical (unpaired) electrons. The molecule has 1 aromatic carbocycles. The fourth-order valence-corrected chi connectivity index (χ4v) is 2.13. The Kier molecular flexibility index (Phi) is 4.40. The molecule has 0 bridgehead atoms. The topological polar surface area (TPSA) is 38.9 Å². The molecule has 0 aliphatic carbocycles. The van der Waals surface area contributed by atoms with Gasteiger partial charge in [-0.15, -0.1) is 11.6 Å². The molecule has 96 valence electrons. The minimum absolute atomic E-state index is 0.605. The summed E-state index contributed by atoms with van der Waals surface area (Å²) in [5.74, 6) is 1.89. The SMILES string of the molecule is Cc1cc(-c2noc(CCCCl)n2)cc(C)c1Br. The molecule has 0 aliphatic heterocycles. The third kappa shape index (κ3) is 2.93. The number of nitrogens with zero attached hydrogens (tertiary/aromatic N) is 2. The number of hydrogen-bond donors (Lipinski definition) is 0. The number of rotatable bonds is 4. The van der Waals surface area contributed by atoms with Gasteiger partial charge in [-0.25, -0.2) is 0 Å². The second kappa shape index (κ2) is 5.85. The van der Waals surface area contributed by atoms with E-state index >= 15 is 0 Å². The van der Waals surface area contributed by atoms with E-state index in [1.54, 1.807) is 0 Å². The van der Waals surface area contributed by atoms with Crippen molar-refractivity contribution in [2.75, 3.05) is 5.88 Å². The molecule has 1 heterocycles. The zero-order chi connectivity index (χ0) is 13.1. The molecule has 0 saturated heterocycles. The zero-order valence-electron chi connectivity index (χ0n) is 10.3. The summed E-state index contributed by atoms with van der Waals surface area (Å²) in [6, 6.07) is 4.10. The Morgan fingerprint density at radius 1 is 1.28 bits per heavy atom. The summed E-state index contributed by atoms with van der Waals surface area (Å²) in [4.78, 5) is 4.38. The van der Waals surface area contributed by atoms with Crippen LogP contribution in [0, 0.1) is 13.8 Å². The monoisotopic (exact) mass is 328 g/mol. The highest BCUT2D eigenvalue weighted by molar-refractivity contribution is 9.10. The van der Waals surface area contributed by atoms with Gasteiger partial charge in [-0.2, -0.15) is 4.98 Å². The molecule has 0 saturated carbocycles. The molecule has 3 nitrogen and oxygen atoms in total. The lowest BCUT2D eigenvalue weighted by Crippen LogP contribution is -1.89. The maximum Gasteiger partial charge on any atom is 0.227 e. The Morgan fingerprint density at radius 2 is 1.94 bits per heavy atom. The van der Waals surface area contributed by atoms with Crippen LogP contribution in [0.15, 0.2) is 21.1 Å². The highest BCUT2D eigenvalue weighted by Gasteiger charge is 2.10. The van der Waals surface area contributed by atoms with Crippen LogP contribution in [0.2, 0.25) is 0 Å². The van der Waals surface area contributed by atoms with Crippen molar-refractivity contribution >= 4 is 27.5 Å². The molecule has 18 heavy (non-hydrogen) atoms. The highest BCUT2D eigenvalue weighted by atomic mass is 79.9.